The van der Waals surface area contributed by atoms with E-state index in [0.29, 0.717) is 23.8 Å². The predicted octanol–water partition coefficient (Wildman–Crippen LogP) is 2.98. The van der Waals surface area contributed by atoms with E-state index in [9.17, 15) is 4.39 Å². The zero-order chi connectivity index (χ0) is 13.9. The number of rotatable bonds is 3. The van der Waals surface area contributed by atoms with Gasteiger partial charge in [-0.25, -0.2) is 4.39 Å². The van der Waals surface area contributed by atoms with Crippen LogP contribution in [0.25, 0.3) is 0 Å². The van der Waals surface area contributed by atoms with Crippen molar-refractivity contribution in [2.75, 3.05) is 6.61 Å². The normalized spacial score (nSPS) is 14.9. The lowest BCUT2D eigenvalue weighted by Gasteiger charge is -2.07. The zero-order valence-corrected chi connectivity index (χ0v) is 10.5. The number of hydrogen-bond donors (Lipinski definition) is 1. The van der Waals surface area contributed by atoms with E-state index in [1.807, 2.05) is 0 Å². The van der Waals surface area contributed by atoms with Crippen molar-refractivity contribution in [2.24, 2.45) is 5.16 Å². The third-order valence-electron chi connectivity index (χ3n) is 3.07. The molecule has 0 aromatic heterocycles. The molecule has 1 heterocycles. The van der Waals surface area contributed by atoms with Gasteiger partial charge in [-0.05, 0) is 29.8 Å². The maximum Gasteiger partial charge on any atom is 0.134 e. The second kappa shape index (κ2) is 5.21. The first-order chi connectivity index (χ1) is 9.76. The van der Waals surface area contributed by atoms with E-state index in [1.165, 1.54) is 12.1 Å². The molecular formula is C15H12FNO3. The van der Waals surface area contributed by atoms with Gasteiger partial charge in [-0.1, -0.05) is 17.3 Å². The van der Waals surface area contributed by atoms with Crippen LogP contribution in [0.2, 0.25) is 0 Å². The third kappa shape index (κ3) is 2.42. The summed E-state index contributed by atoms with van der Waals surface area (Å²) in [4.78, 5) is 0. The molecule has 2 aromatic carbocycles. The highest BCUT2D eigenvalue weighted by Crippen LogP contribution is 2.30. The van der Waals surface area contributed by atoms with Crippen LogP contribution in [0.3, 0.4) is 0 Å². The maximum atomic E-state index is 12.8. The van der Waals surface area contributed by atoms with Crippen molar-refractivity contribution in [2.45, 2.75) is 6.61 Å². The van der Waals surface area contributed by atoms with Crippen molar-refractivity contribution in [3.8, 4) is 11.5 Å². The molecule has 5 heteroatoms. The monoisotopic (exact) mass is 273 g/mol. The largest absolute Gasteiger partial charge is 0.489 e. The summed E-state index contributed by atoms with van der Waals surface area (Å²) in [6, 6.07) is 11.5. The molecule has 2 aromatic rings. The Balaban J connectivity index is 1.71. The lowest BCUT2D eigenvalue weighted by atomic mass is 10.1. The number of halogens is 1. The highest BCUT2D eigenvalue weighted by atomic mass is 19.1. The fourth-order valence-electron chi connectivity index (χ4n) is 2.00. The van der Waals surface area contributed by atoms with E-state index >= 15 is 0 Å². The maximum absolute atomic E-state index is 12.8. The van der Waals surface area contributed by atoms with Crippen LogP contribution in [0, 0.1) is 5.82 Å². The van der Waals surface area contributed by atoms with Gasteiger partial charge in [0.15, 0.2) is 0 Å². The van der Waals surface area contributed by atoms with E-state index in [-0.39, 0.29) is 12.4 Å². The van der Waals surface area contributed by atoms with Crippen LogP contribution in [0.15, 0.2) is 47.6 Å². The number of hydrogen-bond acceptors (Lipinski definition) is 4. The molecule has 0 unspecified atom stereocenters. The summed E-state index contributed by atoms with van der Waals surface area (Å²) in [5, 5.41) is 12.0. The summed E-state index contributed by atoms with van der Waals surface area (Å²) in [5.74, 6) is 1.01. The second-order valence-electron chi connectivity index (χ2n) is 4.41. The minimum absolute atomic E-state index is 0.257. The van der Waals surface area contributed by atoms with Crippen molar-refractivity contribution < 1.29 is 19.1 Å². The number of ether oxygens (including phenoxy) is 2. The first kappa shape index (κ1) is 12.5. The van der Waals surface area contributed by atoms with Crippen LogP contribution in [0.4, 0.5) is 4.39 Å². The molecule has 0 amide bonds. The lowest BCUT2D eigenvalue weighted by Crippen LogP contribution is -2.01. The molecule has 0 fully saturated rings. The van der Waals surface area contributed by atoms with Gasteiger partial charge < -0.3 is 14.7 Å². The molecule has 3 rings (SSSR count). The molecule has 20 heavy (non-hydrogen) atoms. The summed E-state index contributed by atoms with van der Waals surface area (Å²) in [7, 11) is 0. The number of fused-ring (bicyclic) bond motifs is 1. The Morgan fingerprint density at radius 3 is 2.75 bits per heavy atom. The Morgan fingerprint density at radius 1 is 1.20 bits per heavy atom. The van der Waals surface area contributed by atoms with Gasteiger partial charge in [0.05, 0.1) is 0 Å². The van der Waals surface area contributed by atoms with Gasteiger partial charge in [0.2, 0.25) is 0 Å². The van der Waals surface area contributed by atoms with Crippen molar-refractivity contribution in [1.29, 1.82) is 0 Å². The van der Waals surface area contributed by atoms with E-state index in [4.69, 9.17) is 14.7 Å². The number of oxime groups is 1. The fraction of sp³-hybridized carbons (Fsp3) is 0.133. The van der Waals surface area contributed by atoms with Crippen molar-refractivity contribution >= 4 is 5.71 Å². The Hall–Kier alpha value is -2.56. The molecule has 0 bridgehead atoms. The molecule has 0 saturated heterocycles. The molecule has 1 aliphatic rings. The molecule has 0 saturated carbocycles. The standard InChI is InChI=1S/C15H12FNO3/c16-11-3-1-10(2-4-11)8-19-12-5-6-13-14(17-18)9-20-15(13)7-12/h1-7,18H,8-9H2. The smallest absolute Gasteiger partial charge is 0.134 e. The molecule has 0 aliphatic carbocycles. The van der Waals surface area contributed by atoms with E-state index in [0.717, 1.165) is 11.1 Å². The van der Waals surface area contributed by atoms with Crippen LogP contribution in [0.1, 0.15) is 11.1 Å². The molecular weight excluding hydrogens is 261 g/mol. The van der Waals surface area contributed by atoms with Gasteiger partial charge in [-0.2, -0.15) is 0 Å². The lowest BCUT2D eigenvalue weighted by molar-refractivity contribution is 0.302. The van der Waals surface area contributed by atoms with Crippen LogP contribution in [0.5, 0.6) is 11.5 Å². The van der Waals surface area contributed by atoms with Gasteiger partial charge in [0, 0.05) is 11.6 Å². The average Bonchev–Trinajstić information content (AvgIpc) is 2.89. The van der Waals surface area contributed by atoms with Crippen molar-refractivity contribution in [1.82, 2.24) is 0 Å². The predicted molar refractivity (Wildman–Crippen MR) is 71.0 cm³/mol. The van der Waals surface area contributed by atoms with Gasteiger partial charge in [0.1, 0.15) is 36.2 Å². The minimum Gasteiger partial charge on any atom is -0.489 e. The average molecular weight is 273 g/mol. The molecule has 4 nitrogen and oxygen atoms in total. The summed E-state index contributed by atoms with van der Waals surface area (Å²) < 4.78 is 23.8. The summed E-state index contributed by atoms with van der Waals surface area (Å²) in [6.45, 7) is 0.604. The third-order valence-corrected chi connectivity index (χ3v) is 3.07. The molecule has 102 valence electrons. The van der Waals surface area contributed by atoms with Crippen LogP contribution in [-0.4, -0.2) is 17.5 Å². The molecule has 0 radical (unpaired) electrons. The Labute approximate surface area is 115 Å². The number of nitrogens with zero attached hydrogens (tertiary/aromatic N) is 1. The van der Waals surface area contributed by atoms with E-state index in [1.54, 1.807) is 30.3 Å². The van der Waals surface area contributed by atoms with Crippen molar-refractivity contribution in [3.05, 3.63) is 59.4 Å². The van der Waals surface area contributed by atoms with E-state index < -0.39 is 0 Å². The highest BCUT2D eigenvalue weighted by molar-refractivity contribution is 6.05. The Kier molecular flexibility index (Phi) is 3.25. The Bertz CT molecular complexity index is 653. The molecule has 1 aliphatic heterocycles. The zero-order valence-electron chi connectivity index (χ0n) is 10.5. The SMILES string of the molecule is ON=C1COc2cc(OCc3ccc(F)cc3)ccc21. The molecule has 1 N–H and O–H groups in total. The van der Waals surface area contributed by atoms with E-state index in [2.05, 4.69) is 5.16 Å². The Morgan fingerprint density at radius 2 is 2.00 bits per heavy atom. The summed E-state index contributed by atoms with van der Waals surface area (Å²) in [6.07, 6.45) is 0. The summed E-state index contributed by atoms with van der Waals surface area (Å²) in [5.41, 5.74) is 2.15. The highest BCUT2D eigenvalue weighted by Gasteiger charge is 2.20. The van der Waals surface area contributed by atoms with Gasteiger partial charge in [-0.3, -0.25) is 0 Å². The van der Waals surface area contributed by atoms with Crippen LogP contribution < -0.4 is 9.47 Å². The van der Waals surface area contributed by atoms with Gasteiger partial charge >= 0.3 is 0 Å². The topological polar surface area (TPSA) is 51.1 Å². The van der Waals surface area contributed by atoms with Crippen molar-refractivity contribution in [3.63, 3.8) is 0 Å². The molecule has 0 atom stereocenters. The van der Waals surface area contributed by atoms with Crippen LogP contribution in [-0.2, 0) is 6.61 Å². The minimum atomic E-state index is -0.268. The molecule has 0 spiro atoms. The quantitative estimate of drug-likeness (QED) is 0.691. The summed E-state index contributed by atoms with van der Waals surface area (Å²) >= 11 is 0. The fourth-order valence-corrected chi connectivity index (χ4v) is 2.00. The first-order valence-corrected chi connectivity index (χ1v) is 6.11. The van der Waals surface area contributed by atoms with Gasteiger partial charge in [-0.15, -0.1) is 0 Å². The number of benzene rings is 2. The van der Waals surface area contributed by atoms with Crippen LogP contribution >= 0.6 is 0 Å². The first-order valence-electron chi connectivity index (χ1n) is 6.11. The second-order valence-corrected chi connectivity index (χ2v) is 4.41. The van der Waals surface area contributed by atoms with Gasteiger partial charge in [0.25, 0.3) is 0 Å².